The van der Waals surface area contributed by atoms with Crippen molar-refractivity contribution in [1.82, 2.24) is 20.0 Å². The molecule has 0 aliphatic rings. The molecule has 200 valence electrons. The molecule has 38 heavy (non-hydrogen) atoms. The van der Waals surface area contributed by atoms with E-state index in [0.717, 1.165) is 17.7 Å². The molecule has 0 spiro atoms. The van der Waals surface area contributed by atoms with Crippen molar-refractivity contribution in [2.24, 2.45) is 0 Å². The second-order valence-electron chi connectivity index (χ2n) is 7.92. The minimum absolute atomic E-state index is 0.129. The fourth-order valence-electron chi connectivity index (χ4n) is 3.17. The largest absolute Gasteiger partial charge is 0.501 e. The van der Waals surface area contributed by atoms with Crippen LogP contribution in [0.3, 0.4) is 0 Å². The number of aromatic nitrogens is 4. The van der Waals surface area contributed by atoms with E-state index >= 15 is 0 Å². The lowest BCUT2D eigenvalue weighted by Gasteiger charge is -2.07. The van der Waals surface area contributed by atoms with Gasteiger partial charge in [0.25, 0.3) is 9.84 Å². The van der Waals surface area contributed by atoms with Crippen LogP contribution in [0, 0.1) is 0 Å². The number of oxazole rings is 1. The predicted molar refractivity (Wildman–Crippen MR) is 133 cm³/mol. The minimum atomic E-state index is -5.39. The fraction of sp³-hybridized carbons (Fsp3) is 0.208. The van der Waals surface area contributed by atoms with E-state index < -0.39 is 31.0 Å². The topological polar surface area (TPSA) is 117 Å². The second-order valence-corrected chi connectivity index (χ2v) is 11.4. The van der Waals surface area contributed by atoms with E-state index in [1.54, 1.807) is 29.2 Å². The first-order chi connectivity index (χ1) is 18.1. The van der Waals surface area contributed by atoms with Crippen LogP contribution in [0.1, 0.15) is 22.7 Å². The average molecular weight is 567 g/mol. The molecule has 0 saturated carbocycles. The number of sulfone groups is 1. The number of hydrogen-bond donors (Lipinski definition) is 0. The summed E-state index contributed by atoms with van der Waals surface area (Å²) >= 11 is 0. The quantitative estimate of drug-likeness (QED) is 0.264. The summed E-state index contributed by atoms with van der Waals surface area (Å²) in [6.07, 6.45) is 7.72. The molecule has 0 bridgehead atoms. The Morgan fingerprint density at radius 1 is 1.05 bits per heavy atom. The van der Waals surface area contributed by atoms with Crippen LogP contribution in [0.4, 0.5) is 13.2 Å². The monoisotopic (exact) mass is 566 g/mol. The summed E-state index contributed by atoms with van der Waals surface area (Å²) in [7, 11) is -6.44. The number of ether oxygens (including phenoxy) is 1. The SMILES string of the molecule is O=S(CCn1ccnn1)Cc1ccc(OCc2coc(C=Cc3ccc(S(=O)(=O)C(F)(F)F)cc3)n2)cc1. The molecule has 2 aromatic carbocycles. The highest BCUT2D eigenvalue weighted by Crippen LogP contribution is 2.30. The van der Waals surface area contributed by atoms with Gasteiger partial charge in [-0.1, -0.05) is 29.5 Å². The van der Waals surface area contributed by atoms with Gasteiger partial charge in [-0.2, -0.15) is 13.2 Å². The van der Waals surface area contributed by atoms with Gasteiger partial charge in [0.05, 0.1) is 17.6 Å². The van der Waals surface area contributed by atoms with Crippen molar-refractivity contribution in [2.45, 2.75) is 29.3 Å². The molecule has 4 rings (SSSR count). The zero-order valence-corrected chi connectivity index (χ0v) is 21.2. The van der Waals surface area contributed by atoms with Gasteiger partial charge in [-0.05, 0) is 41.5 Å². The first kappa shape index (κ1) is 27.3. The minimum Gasteiger partial charge on any atom is -0.487 e. The maximum Gasteiger partial charge on any atom is 0.501 e. The molecule has 0 aliphatic heterocycles. The van der Waals surface area contributed by atoms with Gasteiger partial charge in [-0.25, -0.2) is 13.4 Å². The van der Waals surface area contributed by atoms with E-state index in [1.165, 1.54) is 30.5 Å². The van der Waals surface area contributed by atoms with Gasteiger partial charge in [0.15, 0.2) is 0 Å². The molecule has 14 heteroatoms. The van der Waals surface area contributed by atoms with Crippen LogP contribution in [-0.4, -0.2) is 43.9 Å². The Balaban J connectivity index is 1.26. The molecule has 0 aliphatic carbocycles. The third-order valence-electron chi connectivity index (χ3n) is 5.14. The van der Waals surface area contributed by atoms with Crippen molar-refractivity contribution in [2.75, 3.05) is 5.75 Å². The molecule has 1 unspecified atom stereocenters. The Labute approximate surface area is 218 Å². The van der Waals surface area contributed by atoms with Crippen molar-refractivity contribution < 1.29 is 35.0 Å². The molecule has 4 aromatic rings. The summed E-state index contributed by atoms with van der Waals surface area (Å²) < 4.78 is 85.8. The van der Waals surface area contributed by atoms with E-state index in [9.17, 15) is 25.8 Å². The zero-order chi connectivity index (χ0) is 27.2. The summed E-state index contributed by atoms with van der Waals surface area (Å²) in [6.45, 7) is 0.659. The lowest BCUT2D eigenvalue weighted by molar-refractivity contribution is -0.0436. The number of nitrogens with zero attached hydrogens (tertiary/aromatic N) is 4. The number of rotatable bonds is 11. The molecule has 0 amide bonds. The Morgan fingerprint density at radius 3 is 2.45 bits per heavy atom. The third-order valence-corrected chi connectivity index (χ3v) is 7.94. The second kappa shape index (κ2) is 11.7. The van der Waals surface area contributed by atoms with Gasteiger partial charge < -0.3 is 9.15 Å². The molecule has 2 heterocycles. The molecule has 0 radical (unpaired) electrons. The highest BCUT2D eigenvalue weighted by Gasteiger charge is 2.46. The van der Waals surface area contributed by atoms with Gasteiger partial charge in [-0.15, -0.1) is 5.10 Å². The van der Waals surface area contributed by atoms with Crippen molar-refractivity contribution in [3.8, 4) is 5.75 Å². The average Bonchev–Trinajstić information content (AvgIpc) is 3.58. The van der Waals surface area contributed by atoms with E-state index in [-0.39, 0.29) is 12.5 Å². The lowest BCUT2D eigenvalue weighted by atomic mass is 10.2. The maximum atomic E-state index is 12.6. The number of benzene rings is 2. The van der Waals surface area contributed by atoms with Crippen molar-refractivity contribution in [1.29, 1.82) is 0 Å². The highest BCUT2D eigenvalue weighted by molar-refractivity contribution is 7.92. The fourth-order valence-corrected chi connectivity index (χ4v) is 5.03. The molecule has 0 saturated heterocycles. The molecule has 9 nitrogen and oxygen atoms in total. The summed E-state index contributed by atoms with van der Waals surface area (Å²) in [5.74, 6) is 1.71. The van der Waals surface area contributed by atoms with Crippen LogP contribution in [0.2, 0.25) is 0 Å². The lowest BCUT2D eigenvalue weighted by Crippen LogP contribution is -2.23. The Morgan fingerprint density at radius 2 is 1.79 bits per heavy atom. The Bertz CT molecular complexity index is 1500. The molecular formula is C24H21F3N4O5S2. The smallest absolute Gasteiger partial charge is 0.487 e. The number of halogens is 3. The number of alkyl halides is 3. The van der Waals surface area contributed by atoms with Gasteiger partial charge in [0.1, 0.15) is 24.3 Å². The van der Waals surface area contributed by atoms with Crippen LogP contribution < -0.4 is 4.74 Å². The maximum absolute atomic E-state index is 12.6. The third kappa shape index (κ3) is 7.16. The van der Waals surface area contributed by atoms with Crippen LogP contribution >= 0.6 is 0 Å². The summed E-state index contributed by atoms with van der Waals surface area (Å²) in [5, 5.41) is 7.56. The Hall–Kier alpha value is -3.78. The van der Waals surface area contributed by atoms with Gasteiger partial charge in [0, 0.05) is 34.6 Å². The number of aryl methyl sites for hydroxylation is 1. The molecule has 0 N–H and O–H groups in total. The molecule has 2 aromatic heterocycles. The van der Waals surface area contributed by atoms with Crippen molar-refractivity contribution >= 4 is 32.8 Å². The first-order valence-corrected chi connectivity index (χ1v) is 14.0. The van der Waals surface area contributed by atoms with Gasteiger partial charge >= 0.3 is 5.51 Å². The van der Waals surface area contributed by atoms with E-state index in [0.29, 0.717) is 35.1 Å². The summed E-state index contributed by atoms with van der Waals surface area (Å²) in [6, 6.07) is 11.5. The summed E-state index contributed by atoms with van der Waals surface area (Å²) in [5.41, 5.74) is -3.48. The first-order valence-electron chi connectivity index (χ1n) is 11.0. The normalized spacial score (nSPS) is 13.1. The zero-order valence-electron chi connectivity index (χ0n) is 19.6. The van der Waals surface area contributed by atoms with E-state index in [4.69, 9.17) is 9.15 Å². The molecule has 1 atom stereocenters. The number of hydrogen-bond acceptors (Lipinski definition) is 8. The van der Waals surface area contributed by atoms with Gasteiger partial charge in [-0.3, -0.25) is 8.89 Å². The van der Waals surface area contributed by atoms with Crippen molar-refractivity contribution in [3.63, 3.8) is 0 Å². The Kier molecular flexibility index (Phi) is 8.42. The van der Waals surface area contributed by atoms with Crippen LogP contribution in [-0.2, 0) is 39.5 Å². The van der Waals surface area contributed by atoms with Gasteiger partial charge in [0.2, 0.25) is 5.89 Å². The summed E-state index contributed by atoms with van der Waals surface area (Å²) in [4.78, 5) is 3.42. The van der Waals surface area contributed by atoms with E-state index in [2.05, 4.69) is 15.3 Å². The van der Waals surface area contributed by atoms with Crippen molar-refractivity contribution in [3.05, 3.63) is 89.9 Å². The molecular weight excluding hydrogens is 545 g/mol. The van der Waals surface area contributed by atoms with Crippen LogP contribution in [0.25, 0.3) is 12.2 Å². The standard InChI is InChI=1S/C24H21F3N4O5S2/c25-24(26,27)38(33,34)22-8-3-18(4-9-22)5-10-23-29-20(16-36-23)15-35-21-6-1-19(2-7-21)17-37(32)14-13-31-12-11-28-30-31/h1-12,16H,13-15,17H2. The highest BCUT2D eigenvalue weighted by atomic mass is 32.2. The van der Waals surface area contributed by atoms with Crippen LogP contribution in [0.5, 0.6) is 5.75 Å². The van der Waals surface area contributed by atoms with E-state index in [1.807, 2.05) is 12.1 Å². The van der Waals surface area contributed by atoms with Crippen LogP contribution in [0.15, 0.2) is 76.5 Å². The predicted octanol–water partition coefficient (Wildman–Crippen LogP) is 4.26. The molecule has 0 fully saturated rings.